The molecule has 1 aromatic heterocycles. The molecule has 0 aliphatic rings. The van der Waals surface area contributed by atoms with Crippen molar-refractivity contribution in [1.29, 1.82) is 0 Å². The van der Waals surface area contributed by atoms with E-state index in [4.69, 9.17) is 16.3 Å². The van der Waals surface area contributed by atoms with Crippen molar-refractivity contribution in [3.05, 3.63) is 100 Å². The summed E-state index contributed by atoms with van der Waals surface area (Å²) in [5, 5.41) is 8.27. The Labute approximate surface area is 240 Å². The second kappa shape index (κ2) is 13.5. The van der Waals surface area contributed by atoms with Gasteiger partial charge in [0.05, 0.1) is 18.3 Å². The van der Waals surface area contributed by atoms with E-state index in [1.807, 2.05) is 66.0 Å². The lowest BCUT2D eigenvalue weighted by molar-refractivity contribution is -0.116. The minimum atomic E-state index is -0.477. The van der Waals surface area contributed by atoms with Gasteiger partial charge in [-0.15, -0.1) is 23.1 Å². The van der Waals surface area contributed by atoms with E-state index in [1.54, 1.807) is 32.0 Å². The van der Waals surface area contributed by atoms with Gasteiger partial charge in [0, 0.05) is 26.5 Å². The van der Waals surface area contributed by atoms with E-state index in [2.05, 4.69) is 10.6 Å². The molecule has 0 radical (unpaired) electrons. The number of thiophene rings is 1. The highest BCUT2D eigenvalue weighted by Gasteiger charge is 2.24. The molecule has 1 atom stereocenters. The van der Waals surface area contributed by atoms with Gasteiger partial charge in [0.1, 0.15) is 10.6 Å². The van der Waals surface area contributed by atoms with Crippen LogP contribution in [0.15, 0.2) is 89.1 Å². The van der Waals surface area contributed by atoms with Gasteiger partial charge in [-0.3, -0.25) is 9.59 Å². The SMILES string of the molecule is CCOC(=O)c1c(-c2ccccc2)csc1NC(=O)C(C)Sc1cccc(NC(=O)Cc2ccc(Cl)cc2)c1. The zero-order valence-electron chi connectivity index (χ0n) is 21.4. The molecule has 9 heteroatoms. The second-order valence-corrected chi connectivity index (χ2v) is 11.3. The Bertz CT molecular complexity index is 1460. The molecule has 0 aliphatic carbocycles. The van der Waals surface area contributed by atoms with Gasteiger partial charge in [-0.05, 0) is 55.3 Å². The van der Waals surface area contributed by atoms with Crippen LogP contribution < -0.4 is 10.6 Å². The van der Waals surface area contributed by atoms with Crippen LogP contribution in [0.2, 0.25) is 5.02 Å². The van der Waals surface area contributed by atoms with Crippen LogP contribution in [-0.4, -0.2) is 29.6 Å². The number of amides is 2. The summed E-state index contributed by atoms with van der Waals surface area (Å²) in [7, 11) is 0. The highest BCUT2D eigenvalue weighted by Crippen LogP contribution is 2.37. The Morgan fingerprint density at radius 3 is 2.44 bits per heavy atom. The van der Waals surface area contributed by atoms with E-state index in [0.29, 0.717) is 21.3 Å². The molecular formula is C30H27ClN2O4S2. The smallest absolute Gasteiger partial charge is 0.341 e. The number of carbonyl (C=O) groups excluding carboxylic acids is 3. The predicted octanol–water partition coefficient (Wildman–Crippen LogP) is 7.55. The second-order valence-electron chi connectivity index (χ2n) is 8.57. The maximum Gasteiger partial charge on any atom is 0.341 e. The third kappa shape index (κ3) is 7.72. The molecule has 0 fully saturated rings. The van der Waals surface area contributed by atoms with E-state index in [0.717, 1.165) is 21.6 Å². The zero-order valence-corrected chi connectivity index (χ0v) is 23.8. The Balaban J connectivity index is 1.42. The number of hydrogen-bond acceptors (Lipinski definition) is 6. The van der Waals surface area contributed by atoms with Gasteiger partial charge in [0.15, 0.2) is 0 Å². The summed E-state index contributed by atoms with van der Waals surface area (Å²) < 4.78 is 5.29. The van der Waals surface area contributed by atoms with Crippen LogP contribution in [0.4, 0.5) is 10.7 Å². The van der Waals surface area contributed by atoms with Crippen molar-refractivity contribution in [3.63, 3.8) is 0 Å². The highest BCUT2D eigenvalue weighted by atomic mass is 35.5. The summed E-state index contributed by atoms with van der Waals surface area (Å²) >= 11 is 8.56. The molecule has 2 amide bonds. The zero-order chi connectivity index (χ0) is 27.8. The molecule has 6 nitrogen and oxygen atoms in total. The van der Waals surface area contributed by atoms with E-state index >= 15 is 0 Å². The topological polar surface area (TPSA) is 84.5 Å². The molecule has 4 aromatic rings. The first-order chi connectivity index (χ1) is 18.8. The first-order valence-electron chi connectivity index (χ1n) is 12.3. The summed E-state index contributed by atoms with van der Waals surface area (Å²) in [6, 6.07) is 24.0. The van der Waals surface area contributed by atoms with Crippen LogP contribution in [-0.2, 0) is 20.7 Å². The molecule has 4 rings (SSSR count). The Morgan fingerprint density at radius 2 is 1.72 bits per heavy atom. The average molecular weight is 579 g/mol. The lowest BCUT2D eigenvalue weighted by Crippen LogP contribution is -2.23. The lowest BCUT2D eigenvalue weighted by Gasteiger charge is -2.14. The van der Waals surface area contributed by atoms with Gasteiger partial charge in [0.25, 0.3) is 0 Å². The highest BCUT2D eigenvalue weighted by molar-refractivity contribution is 8.00. The summed E-state index contributed by atoms with van der Waals surface area (Å²) in [6.07, 6.45) is 0.224. The van der Waals surface area contributed by atoms with E-state index in [-0.39, 0.29) is 24.8 Å². The molecule has 2 N–H and O–H groups in total. The summed E-state index contributed by atoms with van der Waals surface area (Å²) in [6.45, 7) is 3.77. The van der Waals surface area contributed by atoms with E-state index < -0.39 is 11.2 Å². The number of carbonyl (C=O) groups is 3. The normalized spacial score (nSPS) is 11.5. The van der Waals surface area contributed by atoms with Crippen molar-refractivity contribution < 1.29 is 19.1 Å². The summed E-state index contributed by atoms with van der Waals surface area (Å²) in [5.41, 5.74) is 3.44. The number of hydrogen-bond donors (Lipinski definition) is 2. The monoisotopic (exact) mass is 578 g/mol. The molecule has 1 unspecified atom stereocenters. The van der Waals surface area contributed by atoms with Crippen molar-refractivity contribution in [1.82, 2.24) is 0 Å². The lowest BCUT2D eigenvalue weighted by atomic mass is 10.0. The number of benzene rings is 3. The van der Waals surface area contributed by atoms with Crippen molar-refractivity contribution >= 4 is 63.2 Å². The minimum Gasteiger partial charge on any atom is -0.462 e. The van der Waals surface area contributed by atoms with Crippen LogP contribution in [0, 0.1) is 0 Å². The Hall–Kier alpha value is -3.59. The Kier molecular flexibility index (Phi) is 9.81. The summed E-state index contributed by atoms with van der Waals surface area (Å²) in [4.78, 5) is 39.3. The van der Waals surface area contributed by atoms with Gasteiger partial charge in [-0.25, -0.2) is 4.79 Å². The number of rotatable bonds is 10. The molecule has 3 aromatic carbocycles. The van der Waals surface area contributed by atoms with E-state index in [1.165, 1.54) is 23.1 Å². The number of nitrogens with one attached hydrogen (secondary N) is 2. The molecule has 0 saturated heterocycles. The van der Waals surface area contributed by atoms with Crippen molar-refractivity contribution in [2.75, 3.05) is 17.2 Å². The quantitative estimate of drug-likeness (QED) is 0.150. The first-order valence-corrected chi connectivity index (χ1v) is 14.4. The third-order valence-corrected chi connectivity index (χ3v) is 7.91. The molecule has 0 spiro atoms. The number of thioether (sulfide) groups is 1. The molecule has 0 bridgehead atoms. The number of halogens is 1. The van der Waals surface area contributed by atoms with Crippen LogP contribution in [0.5, 0.6) is 0 Å². The van der Waals surface area contributed by atoms with Crippen LogP contribution >= 0.6 is 34.7 Å². The van der Waals surface area contributed by atoms with Crippen molar-refractivity contribution in [2.45, 2.75) is 30.4 Å². The van der Waals surface area contributed by atoms with Gasteiger partial charge < -0.3 is 15.4 Å². The first kappa shape index (κ1) is 28.4. The fourth-order valence-corrected chi connectivity index (χ4v) is 5.81. The fourth-order valence-electron chi connectivity index (χ4n) is 3.80. The maximum atomic E-state index is 13.1. The maximum absolute atomic E-state index is 13.1. The predicted molar refractivity (Wildman–Crippen MR) is 160 cm³/mol. The number of anilines is 2. The average Bonchev–Trinajstić information content (AvgIpc) is 3.34. The number of esters is 1. The van der Waals surface area contributed by atoms with Gasteiger partial charge in [-0.1, -0.05) is 60.1 Å². The largest absolute Gasteiger partial charge is 0.462 e. The van der Waals surface area contributed by atoms with E-state index in [9.17, 15) is 14.4 Å². The standard InChI is InChI=1S/C30H27ClN2O4S2/c1-3-37-30(36)27-25(21-8-5-4-6-9-21)18-38-29(27)33-28(35)19(2)39-24-11-7-10-23(17-24)32-26(34)16-20-12-14-22(31)15-13-20/h4-15,17-19H,3,16H2,1-2H3,(H,32,34)(H,33,35). The van der Waals surface area contributed by atoms with Gasteiger partial charge in [0.2, 0.25) is 11.8 Å². The number of ether oxygens (including phenoxy) is 1. The van der Waals surface area contributed by atoms with Crippen molar-refractivity contribution in [2.24, 2.45) is 0 Å². The van der Waals surface area contributed by atoms with Gasteiger partial charge >= 0.3 is 5.97 Å². The Morgan fingerprint density at radius 1 is 0.974 bits per heavy atom. The van der Waals surface area contributed by atoms with Crippen LogP contribution in [0.3, 0.4) is 0 Å². The van der Waals surface area contributed by atoms with Crippen LogP contribution in [0.1, 0.15) is 29.8 Å². The van der Waals surface area contributed by atoms with Crippen LogP contribution in [0.25, 0.3) is 11.1 Å². The van der Waals surface area contributed by atoms with Gasteiger partial charge in [-0.2, -0.15) is 0 Å². The molecule has 200 valence electrons. The molecular weight excluding hydrogens is 552 g/mol. The third-order valence-electron chi connectivity index (χ3n) is 5.67. The summed E-state index contributed by atoms with van der Waals surface area (Å²) in [5.74, 6) is -0.872. The van der Waals surface area contributed by atoms with Crippen molar-refractivity contribution in [3.8, 4) is 11.1 Å². The molecule has 39 heavy (non-hydrogen) atoms. The fraction of sp³-hybridized carbons (Fsp3) is 0.167. The molecule has 0 saturated carbocycles. The minimum absolute atomic E-state index is 0.149. The molecule has 1 heterocycles. The molecule has 0 aliphatic heterocycles.